The van der Waals surface area contributed by atoms with Gasteiger partial charge in [0.2, 0.25) is 0 Å². The summed E-state index contributed by atoms with van der Waals surface area (Å²) in [6.07, 6.45) is -0.532. The zero-order chi connectivity index (χ0) is 15.1. The Hall–Kier alpha value is -1.97. The Kier molecular flexibility index (Phi) is 6.69. The zero-order valence-corrected chi connectivity index (χ0v) is 10.4. The van der Waals surface area contributed by atoms with E-state index >= 15 is 0 Å². The number of benzene rings is 1. The van der Waals surface area contributed by atoms with E-state index in [1.165, 1.54) is 12.1 Å². The summed E-state index contributed by atoms with van der Waals surface area (Å²) in [7, 11) is -4.00. The molecule has 0 saturated carbocycles. The molecule has 1 atom stereocenters. The summed E-state index contributed by atoms with van der Waals surface area (Å²) in [4.78, 5) is 19.5. The number of carboxylic acid groups (broad SMARTS) is 2. The molecular formula is C10H13NO7S. The molecular weight excluding hydrogens is 278 g/mol. The number of hydrogen-bond donors (Lipinski definition) is 4. The minimum absolute atomic E-state index is 0.0741. The van der Waals surface area contributed by atoms with Gasteiger partial charge in [0.1, 0.15) is 6.04 Å². The number of aliphatic carboxylic acids is 2. The van der Waals surface area contributed by atoms with Crippen molar-refractivity contribution >= 4 is 22.1 Å². The van der Waals surface area contributed by atoms with Crippen molar-refractivity contribution in [2.45, 2.75) is 17.4 Å². The number of rotatable bonds is 4. The Labute approximate surface area is 109 Å². The fourth-order valence-electron chi connectivity index (χ4n) is 0.868. The van der Waals surface area contributed by atoms with Gasteiger partial charge in [-0.2, -0.15) is 8.42 Å². The van der Waals surface area contributed by atoms with Crippen LogP contribution in [0.25, 0.3) is 0 Å². The maximum Gasteiger partial charge on any atom is 0.321 e. The third-order valence-electron chi connectivity index (χ3n) is 1.75. The average Bonchev–Trinajstić information content (AvgIpc) is 2.29. The molecule has 1 aromatic rings. The average molecular weight is 291 g/mol. The van der Waals surface area contributed by atoms with Crippen molar-refractivity contribution < 1.29 is 32.8 Å². The normalized spacial score (nSPS) is 11.9. The van der Waals surface area contributed by atoms with Gasteiger partial charge in [0.25, 0.3) is 10.1 Å². The van der Waals surface area contributed by atoms with Gasteiger partial charge in [-0.1, -0.05) is 18.2 Å². The van der Waals surface area contributed by atoms with Crippen LogP contribution in [0.1, 0.15) is 6.42 Å². The molecule has 0 aliphatic carbocycles. The summed E-state index contributed by atoms with van der Waals surface area (Å²) in [5.74, 6) is -2.50. The molecule has 0 spiro atoms. The SMILES string of the molecule is NC(CC(=O)O)C(=O)O.O=S(=O)(O)c1ccccc1. The van der Waals surface area contributed by atoms with Crippen molar-refractivity contribution in [2.75, 3.05) is 0 Å². The first-order valence-corrected chi connectivity index (χ1v) is 6.31. The molecule has 0 amide bonds. The molecule has 0 aromatic heterocycles. The first-order valence-electron chi connectivity index (χ1n) is 4.87. The van der Waals surface area contributed by atoms with E-state index in [-0.39, 0.29) is 4.90 Å². The summed E-state index contributed by atoms with van der Waals surface area (Å²) < 4.78 is 29.2. The van der Waals surface area contributed by atoms with Crippen LogP contribution in [0, 0.1) is 0 Å². The topological polar surface area (TPSA) is 155 Å². The van der Waals surface area contributed by atoms with Crippen molar-refractivity contribution in [3.63, 3.8) is 0 Å². The molecule has 1 aromatic carbocycles. The van der Waals surface area contributed by atoms with Crippen molar-refractivity contribution in [3.05, 3.63) is 30.3 Å². The van der Waals surface area contributed by atoms with E-state index in [1.807, 2.05) is 0 Å². The molecule has 0 bridgehead atoms. The summed E-state index contributed by atoms with van der Waals surface area (Å²) in [5, 5.41) is 16.0. The smallest absolute Gasteiger partial charge is 0.321 e. The highest BCUT2D eigenvalue weighted by Gasteiger charge is 2.14. The van der Waals surface area contributed by atoms with Crippen LogP contribution in [0.5, 0.6) is 0 Å². The second-order valence-corrected chi connectivity index (χ2v) is 4.75. The second-order valence-electron chi connectivity index (χ2n) is 3.33. The molecule has 1 unspecified atom stereocenters. The predicted molar refractivity (Wildman–Crippen MR) is 64.1 cm³/mol. The van der Waals surface area contributed by atoms with Crippen molar-refractivity contribution in [1.29, 1.82) is 0 Å². The van der Waals surface area contributed by atoms with Crippen LogP contribution < -0.4 is 5.73 Å². The van der Waals surface area contributed by atoms with Crippen LogP contribution in [0.3, 0.4) is 0 Å². The van der Waals surface area contributed by atoms with Crippen molar-refractivity contribution in [2.24, 2.45) is 5.73 Å². The number of carboxylic acids is 2. The molecule has 0 fully saturated rings. The molecule has 0 aliphatic heterocycles. The summed E-state index contributed by atoms with van der Waals surface area (Å²) >= 11 is 0. The lowest BCUT2D eigenvalue weighted by molar-refractivity contribution is -0.144. The second kappa shape index (κ2) is 7.46. The van der Waals surface area contributed by atoms with Gasteiger partial charge in [0.05, 0.1) is 11.3 Å². The van der Waals surface area contributed by atoms with Gasteiger partial charge >= 0.3 is 11.9 Å². The molecule has 9 heteroatoms. The van der Waals surface area contributed by atoms with Crippen LogP contribution in [-0.4, -0.2) is 41.2 Å². The van der Waals surface area contributed by atoms with Gasteiger partial charge in [-0.15, -0.1) is 0 Å². The van der Waals surface area contributed by atoms with Crippen LogP contribution in [0.15, 0.2) is 35.2 Å². The predicted octanol–water partition coefficient (Wildman–Crippen LogP) is -0.194. The maximum absolute atomic E-state index is 10.4. The molecule has 0 aliphatic rings. The number of hydrogen-bond acceptors (Lipinski definition) is 5. The maximum atomic E-state index is 10.4. The van der Waals surface area contributed by atoms with E-state index in [0.717, 1.165) is 0 Å². The lowest BCUT2D eigenvalue weighted by atomic mass is 10.2. The van der Waals surface area contributed by atoms with E-state index in [2.05, 4.69) is 0 Å². The third-order valence-corrected chi connectivity index (χ3v) is 2.62. The molecule has 8 nitrogen and oxygen atoms in total. The van der Waals surface area contributed by atoms with E-state index in [0.29, 0.717) is 0 Å². The first kappa shape index (κ1) is 17.0. The van der Waals surface area contributed by atoms with E-state index in [9.17, 15) is 18.0 Å². The fraction of sp³-hybridized carbons (Fsp3) is 0.200. The highest BCUT2D eigenvalue weighted by molar-refractivity contribution is 7.85. The standard InChI is InChI=1S/C6H6O3S.C4H7NO4/c7-10(8,9)6-4-2-1-3-5-6;5-2(4(8)9)1-3(6)7/h1-5H,(H,7,8,9);2H,1,5H2,(H,6,7)(H,8,9). The Morgan fingerprint density at radius 3 is 1.84 bits per heavy atom. The molecule has 1 rings (SSSR count). The minimum Gasteiger partial charge on any atom is -0.481 e. The Morgan fingerprint density at radius 2 is 1.63 bits per heavy atom. The lowest BCUT2D eigenvalue weighted by Crippen LogP contribution is -2.32. The largest absolute Gasteiger partial charge is 0.481 e. The van der Waals surface area contributed by atoms with Gasteiger partial charge in [0.15, 0.2) is 0 Å². The number of carbonyl (C=O) groups is 2. The van der Waals surface area contributed by atoms with Crippen LogP contribution in [-0.2, 0) is 19.7 Å². The third kappa shape index (κ3) is 7.86. The summed E-state index contributed by atoms with van der Waals surface area (Å²) in [5.41, 5.74) is 4.84. The van der Waals surface area contributed by atoms with E-state index in [4.69, 9.17) is 20.5 Å². The lowest BCUT2D eigenvalue weighted by Gasteiger charge is -1.99. The minimum atomic E-state index is -4.00. The highest BCUT2D eigenvalue weighted by Crippen LogP contribution is 2.05. The van der Waals surface area contributed by atoms with Gasteiger partial charge < -0.3 is 15.9 Å². The molecule has 0 radical (unpaired) electrons. The van der Waals surface area contributed by atoms with Crippen LogP contribution in [0.2, 0.25) is 0 Å². The fourth-order valence-corrected chi connectivity index (χ4v) is 1.37. The zero-order valence-electron chi connectivity index (χ0n) is 9.63. The molecule has 19 heavy (non-hydrogen) atoms. The summed E-state index contributed by atoms with van der Waals surface area (Å²) in [6, 6.07) is 6.13. The monoisotopic (exact) mass is 291 g/mol. The Bertz CT molecular complexity index is 526. The highest BCUT2D eigenvalue weighted by atomic mass is 32.2. The van der Waals surface area contributed by atoms with Gasteiger partial charge in [-0.3, -0.25) is 14.1 Å². The van der Waals surface area contributed by atoms with E-state index < -0.39 is 34.5 Å². The molecule has 0 heterocycles. The van der Waals surface area contributed by atoms with Crippen LogP contribution in [0.4, 0.5) is 0 Å². The van der Waals surface area contributed by atoms with Gasteiger partial charge in [-0.05, 0) is 12.1 Å². The van der Waals surface area contributed by atoms with Crippen LogP contribution >= 0.6 is 0 Å². The molecule has 106 valence electrons. The Balaban J connectivity index is 0.000000344. The molecule has 0 saturated heterocycles. The van der Waals surface area contributed by atoms with Gasteiger partial charge in [-0.25, -0.2) is 0 Å². The Morgan fingerprint density at radius 1 is 1.16 bits per heavy atom. The summed E-state index contributed by atoms with van der Waals surface area (Å²) in [6.45, 7) is 0. The van der Waals surface area contributed by atoms with Crippen molar-refractivity contribution in [1.82, 2.24) is 0 Å². The van der Waals surface area contributed by atoms with E-state index in [1.54, 1.807) is 18.2 Å². The van der Waals surface area contributed by atoms with Crippen molar-refractivity contribution in [3.8, 4) is 0 Å². The molecule has 5 N–H and O–H groups in total. The first-order chi connectivity index (χ1) is 8.64. The van der Waals surface area contributed by atoms with Gasteiger partial charge in [0, 0.05) is 0 Å². The quantitative estimate of drug-likeness (QED) is 0.556. The number of nitrogens with two attached hydrogens (primary N) is 1.